The lowest BCUT2D eigenvalue weighted by Gasteiger charge is -2.30. The fourth-order valence-electron chi connectivity index (χ4n) is 10.4. The number of hydrogen-bond donors (Lipinski definition) is 0. The molecule has 290 valence electrons. The third-order valence-electron chi connectivity index (χ3n) is 13.5. The lowest BCUT2D eigenvalue weighted by Crippen LogP contribution is -2.22. The number of anilines is 3. The molecule has 0 N–H and O–H groups in total. The minimum Gasteiger partial charge on any atom is -0.310 e. The molecule has 0 radical (unpaired) electrons. The lowest BCUT2D eigenvalue weighted by atomic mass is 9.74. The van der Waals surface area contributed by atoms with Crippen LogP contribution in [0.2, 0.25) is 0 Å². The fourth-order valence-corrected chi connectivity index (χ4v) is 10.4. The molecular weight excluding hydrogens is 711 g/mol. The van der Waals surface area contributed by atoms with Crippen LogP contribution in [0.4, 0.5) is 17.1 Å². The van der Waals surface area contributed by atoms with Crippen molar-refractivity contribution in [1.82, 2.24) is 0 Å². The summed E-state index contributed by atoms with van der Waals surface area (Å²) in [7, 11) is 0. The van der Waals surface area contributed by atoms with E-state index in [1.807, 2.05) is 0 Å². The third-order valence-corrected chi connectivity index (χ3v) is 13.5. The fraction of sp³-hybridized carbons (Fsp3) is 0.207. The van der Waals surface area contributed by atoms with Crippen LogP contribution in [-0.4, -0.2) is 0 Å². The van der Waals surface area contributed by atoms with Crippen molar-refractivity contribution >= 4 is 27.8 Å². The zero-order chi connectivity index (χ0) is 40.1. The number of benzene rings is 8. The Hall–Kier alpha value is -6.18. The average molecular weight is 764 g/mol. The SMILES string of the molecule is CC(C)(C)c1ccc(N(c2ccc(-c3cccc4c3-c3ccccc3C4(C)c3ccccc3)cc2)c2ccccc2-c2cccc3cccc(C4CCCCC4)c23)cc1. The number of hydrogen-bond acceptors (Lipinski definition) is 1. The Morgan fingerprint density at radius 2 is 1.07 bits per heavy atom. The Balaban J connectivity index is 1.12. The minimum atomic E-state index is -0.235. The molecule has 0 bridgehead atoms. The standard InChI is InChI=1S/C58H53N/c1-57(2,3)43-34-38-46(39-35-43)59(54-31-14-12-24-49(54)50-28-16-21-42-20-15-26-47(55(42)50)40-18-7-5-8-19-40)45-36-32-41(33-37-45)48-27-17-30-53-56(48)51-25-11-13-29-52(51)58(53,4)44-22-9-6-10-23-44/h6,9-17,20-40H,5,7-8,18-19H2,1-4H3. The highest BCUT2D eigenvalue weighted by atomic mass is 15.1. The highest BCUT2D eigenvalue weighted by Crippen LogP contribution is 2.55. The molecule has 0 aliphatic heterocycles. The van der Waals surface area contributed by atoms with E-state index in [0.29, 0.717) is 5.92 Å². The normalized spacial score (nSPS) is 16.5. The van der Waals surface area contributed by atoms with Gasteiger partial charge in [0, 0.05) is 22.4 Å². The molecule has 0 amide bonds. The Kier molecular flexibility index (Phi) is 9.36. The molecule has 1 unspecified atom stereocenters. The topological polar surface area (TPSA) is 3.24 Å². The zero-order valence-electron chi connectivity index (χ0n) is 34.9. The van der Waals surface area contributed by atoms with Crippen LogP contribution in [0, 0.1) is 0 Å². The third kappa shape index (κ3) is 6.39. The van der Waals surface area contributed by atoms with Crippen molar-refractivity contribution in [3.8, 4) is 33.4 Å². The van der Waals surface area contributed by atoms with E-state index in [1.54, 1.807) is 0 Å². The van der Waals surface area contributed by atoms with Gasteiger partial charge in [0.2, 0.25) is 0 Å². The summed E-state index contributed by atoms with van der Waals surface area (Å²) in [6.45, 7) is 9.27. The second kappa shape index (κ2) is 14.9. The van der Waals surface area contributed by atoms with Crippen molar-refractivity contribution in [2.24, 2.45) is 0 Å². The van der Waals surface area contributed by atoms with Crippen molar-refractivity contribution in [3.05, 3.63) is 210 Å². The monoisotopic (exact) mass is 763 g/mol. The van der Waals surface area contributed by atoms with Gasteiger partial charge in [-0.15, -0.1) is 0 Å². The maximum atomic E-state index is 2.48. The van der Waals surface area contributed by atoms with Crippen molar-refractivity contribution in [1.29, 1.82) is 0 Å². The highest BCUT2D eigenvalue weighted by Gasteiger charge is 2.41. The van der Waals surface area contributed by atoms with Gasteiger partial charge < -0.3 is 4.90 Å². The van der Waals surface area contributed by atoms with Crippen molar-refractivity contribution in [2.45, 2.75) is 76.5 Å². The number of para-hydroxylation sites is 1. The number of nitrogens with zero attached hydrogens (tertiary/aromatic N) is 1. The van der Waals surface area contributed by atoms with Crippen molar-refractivity contribution in [2.75, 3.05) is 4.90 Å². The molecule has 0 spiro atoms. The molecule has 10 rings (SSSR count). The summed E-state index contributed by atoms with van der Waals surface area (Å²) in [5.41, 5.74) is 17.9. The summed E-state index contributed by atoms with van der Waals surface area (Å²) in [4.78, 5) is 2.48. The van der Waals surface area contributed by atoms with E-state index in [4.69, 9.17) is 0 Å². The lowest BCUT2D eigenvalue weighted by molar-refractivity contribution is 0.445. The molecular formula is C58H53N. The van der Waals surface area contributed by atoms with Crippen LogP contribution in [0.25, 0.3) is 44.2 Å². The van der Waals surface area contributed by atoms with E-state index in [0.717, 1.165) is 11.4 Å². The molecule has 59 heavy (non-hydrogen) atoms. The van der Waals surface area contributed by atoms with Crippen molar-refractivity contribution in [3.63, 3.8) is 0 Å². The van der Waals surface area contributed by atoms with E-state index in [9.17, 15) is 0 Å². The van der Waals surface area contributed by atoms with E-state index in [-0.39, 0.29) is 10.8 Å². The van der Waals surface area contributed by atoms with Gasteiger partial charge in [-0.3, -0.25) is 0 Å². The van der Waals surface area contributed by atoms with Gasteiger partial charge in [0.05, 0.1) is 5.69 Å². The first-order valence-electron chi connectivity index (χ1n) is 21.7. The Bertz CT molecular complexity index is 2780. The quantitative estimate of drug-likeness (QED) is 0.156. The molecule has 8 aromatic rings. The molecule has 0 saturated heterocycles. The summed E-state index contributed by atoms with van der Waals surface area (Å²) >= 11 is 0. The largest absolute Gasteiger partial charge is 0.310 e. The first kappa shape index (κ1) is 37.1. The first-order valence-corrected chi connectivity index (χ1v) is 21.7. The summed E-state index contributed by atoms with van der Waals surface area (Å²) in [5.74, 6) is 0.603. The summed E-state index contributed by atoms with van der Waals surface area (Å²) in [6.07, 6.45) is 6.54. The van der Waals surface area contributed by atoms with Gasteiger partial charge in [0.25, 0.3) is 0 Å². The molecule has 8 aromatic carbocycles. The molecule has 0 aromatic heterocycles. The maximum Gasteiger partial charge on any atom is 0.0540 e. The van der Waals surface area contributed by atoms with Crippen LogP contribution >= 0.6 is 0 Å². The Morgan fingerprint density at radius 1 is 0.492 bits per heavy atom. The van der Waals surface area contributed by atoms with Crippen LogP contribution < -0.4 is 4.90 Å². The Morgan fingerprint density at radius 3 is 1.80 bits per heavy atom. The summed E-state index contributed by atoms with van der Waals surface area (Å²) in [6, 6.07) is 68.5. The van der Waals surface area contributed by atoms with E-state index < -0.39 is 0 Å². The minimum absolute atomic E-state index is 0.0620. The van der Waals surface area contributed by atoms with E-state index in [1.165, 1.54) is 110 Å². The smallest absolute Gasteiger partial charge is 0.0540 e. The molecule has 1 fully saturated rings. The van der Waals surface area contributed by atoms with Gasteiger partial charge in [-0.25, -0.2) is 0 Å². The van der Waals surface area contributed by atoms with Gasteiger partial charge in [-0.2, -0.15) is 0 Å². The van der Waals surface area contributed by atoms with Gasteiger partial charge in [-0.05, 0) is 128 Å². The van der Waals surface area contributed by atoms with Crippen LogP contribution in [-0.2, 0) is 10.8 Å². The van der Waals surface area contributed by atoms with Crippen molar-refractivity contribution < 1.29 is 0 Å². The second-order valence-electron chi connectivity index (χ2n) is 18.0. The maximum absolute atomic E-state index is 2.48. The predicted molar refractivity (Wildman–Crippen MR) is 251 cm³/mol. The van der Waals surface area contributed by atoms with Gasteiger partial charge in [0.15, 0.2) is 0 Å². The van der Waals surface area contributed by atoms with Gasteiger partial charge in [-0.1, -0.05) is 192 Å². The van der Waals surface area contributed by atoms with Crippen LogP contribution in [0.1, 0.15) is 93.5 Å². The highest BCUT2D eigenvalue weighted by molar-refractivity contribution is 6.03. The predicted octanol–water partition coefficient (Wildman–Crippen LogP) is 16.3. The van der Waals surface area contributed by atoms with Gasteiger partial charge >= 0.3 is 0 Å². The average Bonchev–Trinajstić information content (AvgIpc) is 3.56. The van der Waals surface area contributed by atoms with Crippen LogP contribution in [0.5, 0.6) is 0 Å². The molecule has 1 atom stereocenters. The molecule has 1 saturated carbocycles. The zero-order valence-corrected chi connectivity index (χ0v) is 34.9. The summed E-state index contributed by atoms with van der Waals surface area (Å²) in [5, 5.41) is 2.74. The molecule has 1 nitrogen and oxygen atoms in total. The molecule has 1 heteroatoms. The Labute approximate surface area is 351 Å². The van der Waals surface area contributed by atoms with E-state index >= 15 is 0 Å². The second-order valence-corrected chi connectivity index (χ2v) is 18.0. The van der Waals surface area contributed by atoms with E-state index in [2.05, 4.69) is 215 Å². The van der Waals surface area contributed by atoms with Crippen LogP contribution in [0.15, 0.2) is 182 Å². The molecule has 0 heterocycles. The number of rotatable bonds is 7. The van der Waals surface area contributed by atoms with Gasteiger partial charge in [0.1, 0.15) is 0 Å². The summed E-state index contributed by atoms with van der Waals surface area (Å²) < 4.78 is 0. The molecule has 2 aliphatic rings. The van der Waals surface area contributed by atoms with Crippen LogP contribution in [0.3, 0.4) is 0 Å². The number of fused-ring (bicyclic) bond motifs is 4. The molecule has 2 aliphatic carbocycles. The first-order chi connectivity index (χ1) is 28.8.